The molecule has 2 amide bonds. The highest BCUT2D eigenvalue weighted by Crippen LogP contribution is 2.29. The summed E-state index contributed by atoms with van der Waals surface area (Å²) >= 11 is 5.90. The minimum Gasteiger partial charge on any atom is -0.321 e. The molecule has 1 aromatic heterocycles. The molecule has 2 aromatic carbocycles. The second-order valence-electron chi connectivity index (χ2n) is 7.47. The third-order valence-corrected chi connectivity index (χ3v) is 5.31. The molecule has 0 radical (unpaired) electrons. The number of aromatic nitrogens is 1. The maximum Gasteiger partial charge on any atom is 0.322 e. The van der Waals surface area contributed by atoms with Crippen LogP contribution in [0.4, 0.5) is 10.5 Å². The Balaban J connectivity index is 1.61. The average molecular weight is 396 g/mol. The maximum absolute atomic E-state index is 12.8. The monoisotopic (exact) mass is 395 g/mol. The van der Waals surface area contributed by atoms with E-state index in [2.05, 4.69) is 16.4 Å². The van der Waals surface area contributed by atoms with E-state index in [1.54, 1.807) is 29.2 Å². The van der Waals surface area contributed by atoms with E-state index < -0.39 is 0 Å². The Hall–Kier alpha value is -2.79. The second-order valence-corrected chi connectivity index (χ2v) is 7.90. The molecule has 3 aromatic rings. The first-order valence-corrected chi connectivity index (χ1v) is 9.75. The van der Waals surface area contributed by atoms with Crippen LogP contribution in [0, 0.1) is 13.8 Å². The zero-order chi connectivity index (χ0) is 19.8. The van der Waals surface area contributed by atoms with Crippen LogP contribution < -0.4 is 10.9 Å². The Labute approximate surface area is 168 Å². The number of carbonyl (C=O) groups excluding carboxylic acids is 1. The average Bonchev–Trinajstić information content (AvgIpc) is 3.47. The molecule has 0 aliphatic heterocycles. The van der Waals surface area contributed by atoms with Gasteiger partial charge in [-0.1, -0.05) is 23.2 Å². The highest BCUT2D eigenvalue weighted by Gasteiger charge is 2.33. The number of hydrogen-bond acceptors (Lipinski definition) is 2. The Morgan fingerprint density at radius 3 is 2.57 bits per heavy atom. The number of hydrogen-bond donors (Lipinski definition) is 2. The second kappa shape index (κ2) is 7.32. The normalized spacial score (nSPS) is 13.5. The van der Waals surface area contributed by atoms with Gasteiger partial charge in [-0.25, -0.2) is 4.79 Å². The van der Waals surface area contributed by atoms with Crippen LogP contribution in [-0.2, 0) is 6.54 Å². The molecular formula is C22H22ClN3O2. The van der Waals surface area contributed by atoms with E-state index >= 15 is 0 Å². The first-order valence-electron chi connectivity index (χ1n) is 9.37. The quantitative estimate of drug-likeness (QED) is 0.653. The zero-order valence-corrected chi connectivity index (χ0v) is 16.6. The van der Waals surface area contributed by atoms with Crippen molar-refractivity contribution >= 4 is 34.2 Å². The molecule has 1 fully saturated rings. The Bertz CT molecular complexity index is 1100. The van der Waals surface area contributed by atoms with Crippen LogP contribution in [0.1, 0.15) is 29.5 Å². The lowest BCUT2D eigenvalue weighted by Crippen LogP contribution is -2.37. The molecule has 6 heteroatoms. The summed E-state index contributed by atoms with van der Waals surface area (Å²) in [6.45, 7) is 4.30. The Kier molecular flexibility index (Phi) is 4.85. The van der Waals surface area contributed by atoms with Gasteiger partial charge in [0.2, 0.25) is 0 Å². The molecule has 1 heterocycles. The van der Waals surface area contributed by atoms with E-state index in [1.165, 1.54) is 0 Å². The molecule has 0 atom stereocenters. The van der Waals surface area contributed by atoms with Crippen LogP contribution in [0.3, 0.4) is 0 Å². The fourth-order valence-electron chi connectivity index (χ4n) is 3.51. The summed E-state index contributed by atoms with van der Waals surface area (Å²) in [5, 5.41) is 4.50. The lowest BCUT2D eigenvalue weighted by Gasteiger charge is -2.23. The molecule has 1 aliphatic rings. The first kappa shape index (κ1) is 18.6. The van der Waals surface area contributed by atoms with Crippen molar-refractivity contribution in [2.75, 3.05) is 5.32 Å². The molecule has 0 bridgehead atoms. The van der Waals surface area contributed by atoms with Crippen molar-refractivity contribution in [2.24, 2.45) is 0 Å². The Morgan fingerprint density at radius 2 is 1.89 bits per heavy atom. The lowest BCUT2D eigenvalue weighted by molar-refractivity contribution is 0.206. The van der Waals surface area contributed by atoms with Gasteiger partial charge in [0.1, 0.15) is 0 Å². The van der Waals surface area contributed by atoms with Gasteiger partial charge in [-0.3, -0.25) is 4.79 Å². The number of pyridine rings is 1. The molecule has 1 aliphatic carbocycles. The van der Waals surface area contributed by atoms with Crippen LogP contribution in [0.25, 0.3) is 10.9 Å². The summed E-state index contributed by atoms with van der Waals surface area (Å²) in [5.74, 6) is 0. The van der Waals surface area contributed by atoms with Gasteiger partial charge < -0.3 is 15.2 Å². The number of benzene rings is 2. The first-order chi connectivity index (χ1) is 13.4. The zero-order valence-electron chi connectivity index (χ0n) is 15.9. The van der Waals surface area contributed by atoms with Crippen molar-refractivity contribution in [1.29, 1.82) is 0 Å². The molecule has 5 nitrogen and oxygen atoms in total. The number of amides is 2. The van der Waals surface area contributed by atoms with Crippen molar-refractivity contribution in [2.45, 2.75) is 39.3 Å². The van der Waals surface area contributed by atoms with E-state index in [-0.39, 0.29) is 24.2 Å². The van der Waals surface area contributed by atoms with Crippen molar-refractivity contribution < 1.29 is 4.79 Å². The largest absolute Gasteiger partial charge is 0.322 e. The smallest absolute Gasteiger partial charge is 0.321 e. The van der Waals surface area contributed by atoms with Gasteiger partial charge in [0.15, 0.2) is 0 Å². The van der Waals surface area contributed by atoms with Crippen molar-refractivity contribution in [3.8, 4) is 0 Å². The van der Waals surface area contributed by atoms with Gasteiger partial charge in [0.05, 0.1) is 12.1 Å². The van der Waals surface area contributed by atoms with Crippen molar-refractivity contribution in [3.63, 3.8) is 0 Å². The number of H-pyrrole nitrogens is 1. The SMILES string of the molecule is Cc1cc(C)c2[nH]c(=O)c(CN(C(=O)Nc3ccc(Cl)cc3)C3CC3)cc2c1. The van der Waals surface area contributed by atoms with Crippen LogP contribution >= 0.6 is 11.6 Å². The van der Waals surface area contributed by atoms with E-state index in [0.29, 0.717) is 16.3 Å². The molecular weight excluding hydrogens is 374 g/mol. The number of urea groups is 1. The highest BCUT2D eigenvalue weighted by atomic mass is 35.5. The van der Waals surface area contributed by atoms with Gasteiger partial charge in [0, 0.05) is 22.3 Å². The molecule has 144 valence electrons. The predicted octanol–water partition coefficient (Wildman–Crippen LogP) is 4.99. The van der Waals surface area contributed by atoms with Gasteiger partial charge in [0.25, 0.3) is 5.56 Å². The predicted molar refractivity (Wildman–Crippen MR) is 113 cm³/mol. The van der Waals surface area contributed by atoms with E-state index in [0.717, 1.165) is 34.9 Å². The number of aromatic amines is 1. The van der Waals surface area contributed by atoms with E-state index in [4.69, 9.17) is 11.6 Å². The summed E-state index contributed by atoms with van der Waals surface area (Å²) in [6, 6.07) is 13.0. The minimum absolute atomic E-state index is 0.149. The summed E-state index contributed by atoms with van der Waals surface area (Å²) in [5.41, 5.74) is 4.16. The Morgan fingerprint density at radius 1 is 1.18 bits per heavy atom. The van der Waals surface area contributed by atoms with Gasteiger partial charge >= 0.3 is 6.03 Å². The number of fused-ring (bicyclic) bond motifs is 1. The third-order valence-electron chi connectivity index (χ3n) is 5.05. The highest BCUT2D eigenvalue weighted by molar-refractivity contribution is 6.30. The maximum atomic E-state index is 12.8. The number of aryl methyl sites for hydroxylation is 2. The molecule has 0 spiro atoms. The molecule has 0 unspecified atom stereocenters. The lowest BCUT2D eigenvalue weighted by atomic mass is 10.1. The van der Waals surface area contributed by atoms with Crippen LogP contribution in [0.2, 0.25) is 5.02 Å². The number of rotatable bonds is 4. The summed E-state index contributed by atoms with van der Waals surface area (Å²) in [4.78, 5) is 30.2. The van der Waals surface area contributed by atoms with Crippen LogP contribution in [0.5, 0.6) is 0 Å². The number of nitrogens with one attached hydrogen (secondary N) is 2. The van der Waals surface area contributed by atoms with Gasteiger partial charge in [-0.2, -0.15) is 0 Å². The number of halogens is 1. The number of nitrogens with zero attached hydrogens (tertiary/aromatic N) is 1. The molecule has 2 N–H and O–H groups in total. The number of carbonyl (C=O) groups is 1. The third kappa shape index (κ3) is 3.90. The van der Waals surface area contributed by atoms with Crippen molar-refractivity contribution in [3.05, 3.63) is 74.5 Å². The summed E-state index contributed by atoms with van der Waals surface area (Å²) in [6.07, 6.45) is 1.91. The molecule has 28 heavy (non-hydrogen) atoms. The van der Waals surface area contributed by atoms with Crippen LogP contribution in [-0.4, -0.2) is 22.0 Å². The molecule has 0 saturated heterocycles. The number of anilines is 1. The topological polar surface area (TPSA) is 65.2 Å². The summed E-state index contributed by atoms with van der Waals surface area (Å²) in [7, 11) is 0. The molecule has 4 rings (SSSR count). The van der Waals surface area contributed by atoms with Gasteiger partial charge in [-0.05, 0) is 74.0 Å². The summed E-state index contributed by atoms with van der Waals surface area (Å²) < 4.78 is 0. The van der Waals surface area contributed by atoms with Gasteiger partial charge in [-0.15, -0.1) is 0 Å². The molecule has 1 saturated carbocycles. The fraction of sp³-hybridized carbons (Fsp3) is 0.273. The standard InChI is InChI=1S/C22H22ClN3O2/c1-13-9-14(2)20-15(10-13)11-16(21(27)25-20)12-26(19-7-8-19)22(28)24-18-5-3-17(23)4-6-18/h3-6,9-11,19H,7-8,12H2,1-2H3,(H,24,28)(H,25,27). The minimum atomic E-state index is -0.204. The van der Waals surface area contributed by atoms with E-state index in [1.807, 2.05) is 26.0 Å². The van der Waals surface area contributed by atoms with Crippen LogP contribution in [0.15, 0.2) is 47.3 Å². The van der Waals surface area contributed by atoms with Crippen molar-refractivity contribution in [1.82, 2.24) is 9.88 Å². The fourth-order valence-corrected chi connectivity index (χ4v) is 3.64. The van der Waals surface area contributed by atoms with E-state index in [9.17, 15) is 9.59 Å².